The molecule has 2 heterocycles. The van der Waals surface area contributed by atoms with E-state index in [4.69, 9.17) is 18.9 Å². The van der Waals surface area contributed by atoms with E-state index in [1.165, 1.54) is 7.11 Å². The zero-order valence-electron chi connectivity index (χ0n) is 16.9. The Kier molecular flexibility index (Phi) is 5.07. The van der Waals surface area contributed by atoms with Crippen LogP contribution in [0.15, 0.2) is 36.4 Å². The van der Waals surface area contributed by atoms with Crippen LogP contribution in [0, 0.1) is 0 Å². The molecule has 0 aliphatic carbocycles. The van der Waals surface area contributed by atoms with E-state index in [0.717, 1.165) is 27.7 Å². The summed E-state index contributed by atoms with van der Waals surface area (Å²) in [5, 5.41) is 3.14. The molecular formula is C22H25N2O5+. The predicted octanol–water partition coefficient (Wildman–Crippen LogP) is 1.94. The molecular weight excluding hydrogens is 372 g/mol. The molecule has 0 spiro atoms. The maximum atomic E-state index is 12.4. The average molecular weight is 397 g/mol. The molecule has 0 saturated heterocycles. The van der Waals surface area contributed by atoms with Crippen LogP contribution >= 0.6 is 0 Å². The lowest BCUT2D eigenvalue weighted by Crippen LogP contribution is -2.94. The first-order valence-electron chi connectivity index (χ1n) is 9.44. The van der Waals surface area contributed by atoms with Crippen molar-refractivity contribution in [1.82, 2.24) is 4.98 Å². The number of carbonyl (C=O) groups is 1. The monoisotopic (exact) mass is 397 g/mol. The van der Waals surface area contributed by atoms with Gasteiger partial charge in [0.25, 0.3) is 0 Å². The fraction of sp³-hybridized carbons (Fsp3) is 0.318. The summed E-state index contributed by atoms with van der Waals surface area (Å²) in [6, 6.07) is 11.4. The van der Waals surface area contributed by atoms with Crippen LogP contribution in [-0.4, -0.2) is 45.4 Å². The lowest BCUT2D eigenvalue weighted by Gasteiger charge is -2.28. The fourth-order valence-corrected chi connectivity index (χ4v) is 4.26. The molecule has 1 aliphatic heterocycles. The number of para-hydroxylation sites is 1. The van der Waals surface area contributed by atoms with Gasteiger partial charge in [0.05, 0.1) is 39.7 Å². The molecule has 0 fully saturated rings. The van der Waals surface area contributed by atoms with E-state index in [-0.39, 0.29) is 18.1 Å². The molecule has 0 unspecified atom stereocenters. The predicted molar refractivity (Wildman–Crippen MR) is 108 cm³/mol. The maximum absolute atomic E-state index is 12.4. The number of rotatable bonds is 5. The maximum Gasteiger partial charge on any atom is 0.364 e. The smallest absolute Gasteiger partial charge is 0.364 e. The summed E-state index contributed by atoms with van der Waals surface area (Å²) in [7, 11) is 6.20. The highest BCUT2D eigenvalue weighted by atomic mass is 16.5. The van der Waals surface area contributed by atoms with Gasteiger partial charge in [0.1, 0.15) is 0 Å². The van der Waals surface area contributed by atoms with Gasteiger partial charge in [-0.25, -0.2) is 4.79 Å². The van der Waals surface area contributed by atoms with Gasteiger partial charge in [0.2, 0.25) is 5.75 Å². The zero-order valence-corrected chi connectivity index (χ0v) is 16.9. The van der Waals surface area contributed by atoms with Crippen LogP contribution < -0.4 is 19.5 Å². The van der Waals surface area contributed by atoms with Gasteiger partial charge in [-0.05, 0) is 23.8 Å². The fourth-order valence-electron chi connectivity index (χ4n) is 4.26. The second-order valence-electron chi connectivity index (χ2n) is 6.99. The van der Waals surface area contributed by atoms with Crippen molar-refractivity contribution in [3.63, 3.8) is 0 Å². The van der Waals surface area contributed by atoms with Crippen molar-refractivity contribution in [2.75, 3.05) is 28.4 Å². The van der Waals surface area contributed by atoms with Crippen LogP contribution in [0.3, 0.4) is 0 Å². The molecule has 2 atom stereocenters. The first kappa shape index (κ1) is 19.1. The van der Waals surface area contributed by atoms with Crippen LogP contribution in [0.2, 0.25) is 0 Å². The quantitative estimate of drug-likeness (QED) is 0.643. The summed E-state index contributed by atoms with van der Waals surface area (Å²) in [5.74, 6) is 1.46. The number of ether oxygens (including phenoxy) is 4. The van der Waals surface area contributed by atoms with E-state index in [9.17, 15) is 4.79 Å². The number of hydrogen-bond acceptors (Lipinski definition) is 5. The molecule has 4 rings (SSSR count). The van der Waals surface area contributed by atoms with E-state index in [2.05, 4.69) is 11.1 Å². The standard InChI is InChI=1S/C22H24N2O5/c1-26-17-10-9-13(20(27-2)21(17)28-3)18-19-14(11-16(24-18)22(25)29-4)12-7-5-6-8-15(12)23-19/h5-10,16,18,23-24H,11H2,1-4H3/p+1/t16-,18+/m0/s1. The van der Waals surface area contributed by atoms with Crippen molar-refractivity contribution < 1.29 is 29.1 Å². The molecule has 3 N–H and O–H groups in total. The second-order valence-corrected chi connectivity index (χ2v) is 6.99. The first-order chi connectivity index (χ1) is 14.1. The number of aromatic nitrogens is 1. The van der Waals surface area contributed by atoms with E-state index in [1.54, 1.807) is 21.3 Å². The van der Waals surface area contributed by atoms with Gasteiger partial charge in [-0.15, -0.1) is 0 Å². The number of H-pyrrole nitrogens is 1. The third kappa shape index (κ3) is 3.07. The Morgan fingerprint density at radius 3 is 2.45 bits per heavy atom. The Morgan fingerprint density at radius 1 is 1.00 bits per heavy atom. The number of nitrogens with one attached hydrogen (secondary N) is 1. The average Bonchev–Trinajstić information content (AvgIpc) is 3.15. The van der Waals surface area contributed by atoms with Crippen molar-refractivity contribution in [3.05, 3.63) is 53.2 Å². The van der Waals surface area contributed by atoms with Crippen molar-refractivity contribution in [2.24, 2.45) is 0 Å². The Balaban J connectivity index is 1.93. The van der Waals surface area contributed by atoms with Gasteiger partial charge >= 0.3 is 5.97 Å². The first-order valence-corrected chi connectivity index (χ1v) is 9.44. The molecule has 1 aromatic heterocycles. The topological polar surface area (TPSA) is 86.4 Å². The number of hydrogen-bond donors (Lipinski definition) is 2. The summed E-state index contributed by atoms with van der Waals surface area (Å²) in [6.45, 7) is 0. The van der Waals surface area contributed by atoms with E-state index < -0.39 is 0 Å². The van der Waals surface area contributed by atoms with Crippen LogP contribution in [0.1, 0.15) is 22.9 Å². The summed E-state index contributed by atoms with van der Waals surface area (Å²) >= 11 is 0. The minimum atomic E-state index is -0.352. The number of nitrogens with two attached hydrogens (primary N) is 1. The number of fused-ring (bicyclic) bond motifs is 3. The van der Waals surface area contributed by atoms with Gasteiger partial charge < -0.3 is 29.2 Å². The Labute approximate surface area is 168 Å². The number of esters is 1. The molecule has 7 heteroatoms. The van der Waals surface area contributed by atoms with Crippen molar-refractivity contribution in [2.45, 2.75) is 18.5 Å². The number of methoxy groups -OCH3 is 4. The molecule has 0 bridgehead atoms. The summed E-state index contributed by atoms with van der Waals surface area (Å²) in [4.78, 5) is 16.0. The lowest BCUT2D eigenvalue weighted by molar-refractivity contribution is -0.712. The Hall–Kier alpha value is -3.19. The normalized spacial score (nSPS) is 18.2. The highest BCUT2D eigenvalue weighted by Crippen LogP contribution is 2.44. The minimum Gasteiger partial charge on any atom is -0.493 e. The Bertz CT molecular complexity index is 1060. The lowest BCUT2D eigenvalue weighted by atomic mass is 9.89. The molecule has 0 saturated carbocycles. The summed E-state index contributed by atoms with van der Waals surface area (Å²) in [6.07, 6.45) is 0.595. The largest absolute Gasteiger partial charge is 0.493 e. The number of quaternary nitrogens is 1. The van der Waals surface area contributed by atoms with E-state index in [1.807, 2.05) is 35.6 Å². The van der Waals surface area contributed by atoms with Crippen molar-refractivity contribution >= 4 is 16.9 Å². The van der Waals surface area contributed by atoms with Crippen LogP contribution in [-0.2, 0) is 16.0 Å². The molecule has 152 valence electrons. The summed E-state index contributed by atoms with van der Waals surface area (Å²) < 4.78 is 21.8. The molecule has 3 aromatic rings. The van der Waals surface area contributed by atoms with Gasteiger partial charge in [-0.1, -0.05) is 18.2 Å². The number of aromatic amines is 1. The third-order valence-electron chi connectivity index (χ3n) is 5.58. The van der Waals surface area contributed by atoms with Crippen molar-refractivity contribution in [3.8, 4) is 17.2 Å². The third-order valence-corrected chi connectivity index (χ3v) is 5.58. The molecule has 0 amide bonds. The highest BCUT2D eigenvalue weighted by Gasteiger charge is 2.40. The van der Waals surface area contributed by atoms with Crippen molar-refractivity contribution in [1.29, 1.82) is 0 Å². The van der Waals surface area contributed by atoms with Gasteiger partial charge in [-0.3, -0.25) is 0 Å². The molecule has 29 heavy (non-hydrogen) atoms. The van der Waals surface area contributed by atoms with Gasteiger partial charge in [0.15, 0.2) is 23.6 Å². The molecule has 0 radical (unpaired) electrons. The number of benzene rings is 2. The molecule has 2 aromatic carbocycles. The van der Waals surface area contributed by atoms with Crippen LogP contribution in [0.5, 0.6) is 17.2 Å². The number of carbonyl (C=O) groups excluding carboxylic acids is 1. The second kappa shape index (κ2) is 7.67. The van der Waals surface area contributed by atoms with Gasteiger partial charge in [0, 0.05) is 17.3 Å². The van der Waals surface area contributed by atoms with Gasteiger partial charge in [-0.2, -0.15) is 0 Å². The molecule has 7 nitrogen and oxygen atoms in total. The minimum absolute atomic E-state index is 0.190. The Morgan fingerprint density at radius 2 is 1.76 bits per heavy atom. The SMILES string of the molecule is COC(=O)[C@@H]1Cc2c([nH]c3ccccc23)[C@@H](c2ccc(OC)c(OC)c2OC)[NH2+]1. The molecule has 1 aliphatic rings. The van der Waals surface area contributed by atoms with E-state index in [0.29, 0.717) is 23.7 Å². The van der Waals surface area contributed by atoms with Crippen LogP contribution in [0.25, 0.3) is 10.9 Å². The highest BCUT2D eigenvalue weighted by molar-refractivity contribution is 5.86. The zero-order chi connectivity index (χ0) is 20.5. The van der Waals surface area contributed by atoms with Crippen LogP contribution in [0.4, 0.5) is 0 Å². The van der Waals surface area contributed by atoms with E-state index >= 15 is 0 Å². The summed E-state index contributed by atoms with van der Waals surface area (Å²) in [5.41, 5.74) is 4.12.